The SMILES string of the molecule is CC(C)C(O)CC(=O)NNc1ccc([N+](=O)[O-])cc1. The fraction of sp³-hybridized carbons (Fsp3) is 0.417. The molecule has 0 spiro atoms. The molecule has 0 saturated carbocycles. The van der Waals surface area contributed by atoms with Crippen LogP contribution in [0.2, 0.25) is 0 Å². The van der Waals surface area contributed by atoms with E-state index in [1.54, 1.807) is 0 Å². The van der Waals surface area contributed by atoms with Crippen LogP contribution in [0.25, 0.3) is 0 Å². The van der Waals surface area contributed by atoms with Crippen LogP contribution in [0.15, 0.2) is 24.3 Å². The summed E-state index contributed by atoms with van der Waals surface area (Å²) >= 11 is 0. The summed E-state index contributed by atoms with van der Waals surface area (Å²) in [5.41, 5.74) is 5.54. The first-order valence-electron chi connectivity index (χ1n) is 5.87. The first-order chi connectivity index (χ1) is 8.90. The number of hydrogen-bond acceptors (Lipinski definition) is 5. The Morgan fingerprint density at radius 3 is 2.42 bits per heavy atom. The van der Waals surface area contributed by atoms with Crippen LogP contribution in [0.5, 0.6) is 0 Å². The van der Waals surface area contributed by atoms with Gasteiger partial charge < -0.3 is 5.11 Å². The first kappa shape index (κ1) is 14.9. The number of nitro groups is 1. The second kappa shape index (κ2) is 6.69. The molecule has 1 aromatic rings. The molecule has 19 heavy (non-hydrogen) atoms. The molecule has 0 aliphatic carbocycles. The van der Waals surface area contributed by atoms with Gasteiger partial charge >= 0.3 is 0 Å². The van der Waals surface area contributed by atoms with Crippen molar-refractivity contribution in [2.24, 2.45) is 5.92 Å². The number of carbonyl (C=O) groups is 1. The molecule has 0 aromatic heterocycles. The number of rotatable bonds is 6. The van der Waals surface area contributed by atoms with E-state index in [4.69, 9.17) is 0 Å². The number of nitrogens with one attached hydrogen (secondary N) is 2. The van der Waals surface area contributed by atoms with Crippen molar-refractivity contribution in [1.82, 2.24) is 5.43 Å². The zero-order chi connectivity index (χ0) is 14.4. The molecule has 0 bridgehead atoms. The first-order valence-corrected chi connectivity index (χ1v) is 5.87. The van der Waals surface area contributed by atoms with Gasteiger partial charge in [-0.2, -0.15) is 0 Å². The highest BCUT2D eigenvalue weighted by atomic mass is 16.6. The third-order valence-electron chi connectivity index (χ3n) is 2.59. The van der Waals surface area contributed by atoms with Gasteiger partial charge in [-0.05, 0) is 18.1 Å². The van der Waals surface area contributed by atoms with Crippen LogP contribution in [0.4, 0.5) is 11.4 Å². The van der Waals surface area contributed by atoms with Gasteiger partial charge in [-0.1, -0.05) is 13.8 Å². The number of aliphatic hydroxyl groups excluding tert-OH is 1. The van der Waals surface area contributed by atoms with Crippen molar-refractivity contribution in [3.8, 4) is 0 Å². The maximum Gasteiger partial charge on any atom is 0.269 e. The Morgan fingerprint density at radius 2 is 1.95 bits per heavy atom. The largest absolute Gasteiger partial charge is 0.392 e. The minimum absolute atomic E-state index is 0.00233. The third kappa shape index (κ3) is 4.92. The summed E-state index contributed by atoms with van der Waals surface area (Å²) in [6.07, 6.45) is -0.698. The number of carbonyl (C=O) groups excluding carboxylic acids is 1. The number of hydrazine groups is 1. The lowest BCUT2D eigenvalue weighted by Crippen LogP contribution is -2.33. The zero-order valence-corrected chi connectivity index (χ0v) is 10.8. The highest BCUT2D eigenvalue weighted by Crippen LogP contribution is 2.14. The molecule has 1 atom stereocenters. The van der Waals surface area contributed by atoms with E-state index in [9.17, 15) is 20.0 Å². The Bertz CT molecular complexity index is 445. The van der Waals surface area contributed by atoms with Gasteiger partial charge in [-0.3, -0.25) is 25.8 Å². The monoisotopic (exact) mass is 267 g/mol. The topological polar surface area (TPSA) is 104 Å². The quantitative estimate of drug-likeness (QED) is 0.534. The average Bonchev–Trinajstić information content (AvgIpc) is 2.36. The maximum absolute atomic E-state index is 11.5. The highest BCUT2D eigenvalue weighted by molar-refractivity contribution is 5.77. The normalized spacial score (nSPS) is 12.0. The average molecular weight is 267 g/mol. The highest BCUT2D eigenvalue weighted by Gasteiger charge is 2.14. The number of hydrogen-bond donors (Lipinski definition) is 3. The Labute approximate surface area is 110 Å². The minimum atomic E-state index is -0.696. The summed E-state index contributed by atoms with van der Waals surface area (Å²) in [7, 11) is 0. The predicted molar refractivity (Wildman–Crippen MR) is 70.3 cm³/mol. The third-order valence-corrected chi connectivity index (χ3v) is 2.59. The van der Waals surface area contributed by atoms with Gasteiger partial charge in [-0.15, -0.1) is 0 Å². The zero-order valence-electron chi connectivity index (χ0n) is 10.8. The van der Waals surface area contributed by atoms with E-state index in [-0.39, 0.29) is 23.9 Å². The fourth-order valence-corrected chi connectivity index (χ4v) is 1.29. The summed E-state index contributed by atoms with van der Waals surface area (Å²) < 4.78 is 0. The Morgan fingerprint density at radius 1 is 1.37 bits per heavy atom. The molecule has 1 aromatic carbocycles. The molecule has 0 aliphatic rings. The Hall–Kier alpha value is -2.15. The van der Waals surface area contributed by atoms with Crippen LogP contribution < -0.4 is 10.9 Å². The van der Waals surface area contributed by atoms with Crippen LogP contribution in [-0.4, -0.2) is 22.0 Å². The van der Waals surface area contributed by atoms with Crippen molar-refractivity contribution in [3.05, 3.63) is 34.4 Å². The van der Waals surface area contributed by atoms with Gasteiger partial charge in [0.1, 0.15) is 0 Å². The number of benzene rings is 1. The summed E-state index contributed by atoms with van der Waals surface area (Å²) in [6, 6.07) is 5.63. The molecular formula is C12H17N3O4. The molecule has 104 valence electrons. The molecule has 0 radical (unpaired) electrons. The van der Waals surface area contributed by atoms with Crippen molar-refractivity contribution in [2.75, 3.05) is 5.43 Å². The predicted octanol–water partition coefficient (Wildman–Crippen LogP) is 1.44. The maximum atomic E-state index is 11.5. The second-order valence-corrected chi connectivity index (χ2v) is 4.49. The van der Waals surface area contributed by atoms with Crippen molar-refractivity contribution < 1.29 is 14.8 Å². The van der Waals surface area contributed by atoms with Gasteiger partial charge in [0.2, 0.25) is 5.91 Å². The number of nitrogens with zero attached hydrogens (tertiary/aromatic N) is 1. The van der Waals surface area contributed by atoms with Gasteiger partial charge in [0, 0.05) is 12.1 Å². The Balaban J connectivity index is 2.44. The van der Waals surface area contributed by atoms with Crippen LogP contribution >= 0.6 is 0 Å². The number of non-ortho nitro benzene ring substituents is 1. The standard InChI is InChI=1S/C12H17N3O4/c1-8(2)11(16)7-12(17)14-13-9-3-5-10(6-4-9)15(18)19/h3-6,8,11,13,16H,7H2,1-2H3,(H,14,17). The van der Waals surface area contributed by atoms with E-state index in [1.807, 2.05) is 13.8 Å². The summed E-state index contributed by atoms with van der Waals surface area (Å²) in [5, 5.41) is 20.0. The van der Waals surface area contributed by atoms with E-state index in [0.29, 0.717) is 5.69 Å². The van der Waals surface area contributed by atoms with Gasteiger partial charge in [0.15, 0.2) is 0 Å². The minimum Gasteiger partial charge on any atom is -0.392 e. The van der Waals surface area contributed by atoms with Crippen LogP contribution in [0.1, 0.15) is 20.3 Å². The van der Waals surface area contributed by atoms with E-state index in [0.717, 1.165) is 0 Å². The van der Waals surface area contributed by atoms with Crippen molar-refractivity contribution >= 4 is 17.3 Å². The lowest BCUT2D eigenvalue weighted by Gasteiger charge is -2.14. The molecule has 3 N–H and O–H groups in total. The van der Waals surface area contributed by atoms with Crippen molar-refractivity contribution in [3.63, 3.8) is 0 Å². The molecule has 1 amide bonds. The molecule has 7 heteroatoms. The molecule has 1 unspecified atom stereocenters. The molecular weight excluding hydrogens is 250 g/mol. The van der Waals surface area contributed by atoms with Crippen LogP contribution in [0, 0.1) is 16.0 Å². The summed E-state index contributed by atoms with van der Waals surface area (Å²) in [6.45, 7) is 3.64. The number of amides is 1. The fourth-order valence-electron chi connectivity index (χ4n) is 1.29. The molecule has 0 heterocycles. The van der Waals surface area contributed by atoms with E-state index in [1.165, 1.54) is 24.3 Å². The van der Waals surface area contributed by atoms with Crippen molar-refractivity contribution in [2.45, 2.75) is 26.4 Å². The van der Waals surface area contributed by atoms with Gasteiger partial charge in [0.25, 0.3) is 5.69 Å². The molecule has 0 saturated heterocycles. The van der Waals surface area contributed by atoms with E-state index < -0.39 is 11.0 Å². The van der Waals surface area contributed by atoms with E-state index in [2.05, 4.69) is 10.9 Å². The molecule has 0 fully saturated rings. The smallest absolute Gasteiger partial charge is 0.269 e. The summed E-state index contributed by atoms with van der Waals surface area (Å²) in [5.74, 6) is -0.343. The number of anilines is 1. The van der Waals surface area contributed by atoms with Gasteiger partial charge in [-0.25, -0.2) is 0 Å². The molecule has 7 nitrogen and oxygen atoms in total. The summed E-state index contributed by atoms with van der Waals surface area (Å²) in [4.78, 5) is 21.4. The van der Waals surface area contributed by atoms with Crippen molar-refractivity contribution in [1.29, 1.82) is 0 Å². The Kier molecular flexibility index (Phi) is 5.25. The second-order valence-electron chi connectivity index (χ2n) is 4.49. The number of nitro benzene ring substituents is 1. The lowest BCUT2D eigenvalue weighted by molar-refractivity contribution is -0.384. The van der Waals surface area contributed by atoms with E-state index >= 15 is 0 Å². The van der Waals surface area contributed by atoms with Crippen LogP contribution in [-0.2, 0) is 4.79 Å². The molecule has 1 rings (SSSR count). The molecule has 0 aliphatic heterocycles. The van der Waals surface area contributed by atoms with Crippen LogP contribution in [0.3, 0.4) is 0 Å². The number of aliphatic hydroxyl groups is 1. The van der Waals surface area contributed by atoms with Gasteiger partial charge in [0.05, 0.1) is 23.1 Å². The lowest BCUT2D eigenvalue weighted by atomic mass is 10.0.